The standard InChI is InChI=1S/C13H17ClN2O2/c14-11-6-3-7-12(16(17)18)13(11)15-9-8-10-4-1-2-5-10/h3,6-7,10,15H,1-2,4-5,8-9H2. The Labute approximate surface area is 111 Å². The predicted molar refractivity (Wildman–Crippen MR) is 73.2 cm³/mol. The van der Waals surface area contributed by atoms with E-state index in [4.69, 9.17) is 11.6 Å². The normalized spacial score (nSPS) is 15.8. The van der Waals surface area contributed by atoms with Crippen LogP contribution in [0.5, 0.6) is 0 Å². The van der Waals surface area contributed by atoms with E-state index in [0.29, 0.717) is 10.7 Å². The van der Waals surface area contributed by atoms with Crippen LogP contribution in [0.3, 0.4) is 0 Å². The molecule has 0 radical (unpaired) electrons. The number of rotatable bonds is 5. The first kappa shape index (κ1) is 13.1. The highest BCUT2D eigenvalue weighted by atomic mass is 35.5. The smallest absolute Gasteiger partial charge is 0.293 e. The predicted octanol–water partition coefficient (Wildman–Crippen LogP) is 4.24. The summed E-state index contributed by atoms with van der Waals surface area (Å²) in [5.41, 5.74) is 0.496. The monoisotopic (exact) mass is 268 g/mol. The number of halogens is 1. The van der Waals surface area contributed by atoms with Crippen LogP contribution >= 0.6 is 11.6 Å². The zero-order valence-corrected chi connectivity index (χ0v) is 10.9. The van der Waals surface area contributed by atoms with Crippen molar-refractivity contribution in [1.29, 1.82) is 0 Å². The quantitative estimate of drug-likeness (QED) is 0.642. The Balaban J connectivity index is 1.97. The molecule has 1 aromatic carbocycles. The van der Waals surface area contributed by atoms with Gasteiger partial charge in [-0.1, -0.05) is 43.4 Å². The van der Waals surface area contributed by atoms with Crippen LogP contribution in [0.2, 0.25) is 5.02 Å². The van der Waals surface area contributed by atoms with Crippen LogP contribution < -0.4 is 5.32 Å². The largest absolute Gasteiger partial charge is 0.378 e. The molecule has 1 fully saturated rings. The van der Waals surface area contributed by atoms with E-state index >= 15 is 0 Å². The van der Waals surface area contributed by atoms with Gasteiger partial charge in [-0.05, 0) is 18.4 Å². The molecule has 0 saturated heterocycles. The summed E-state index contributed by atoms with van der Waals surface area (Å²) in [6, 6.07) is 4.75. The molecular weight excluding hydrogens is 252 g/mol. The molecular formula is C13H17ClN2O2. The van der Waals surface area contributed by atoms with Crippen LogP contribution in [0.4, 0.5) is 11.4 Å². The first-order valence-electron chi connectivity index (χ1n) is 6.35. The summed E-state index contributed by atoms with van der Waals surface area (Å²) in [5.74, 6) is 0.763. The van der Waals surface area contributed by atoms with E-state index < -0.39 is 4.92 Å². The number of anilines is 1. The van der Waals surface area contributed by atoms with Crippen molar-refractivity contribution in [3.8, 4) is 0 Å². The summed E-state index contributed by atoms with van der Waals surface area (Å²) in [6.45, 7) is 0.745. The van der Waals surface area contributed by atoms with Gasteiger partial charge < -0.3 is 5.32 Å². The van der Waals surface area contributed by atoms with Gasteiger partial charge in [-0.25, -0.2) is 0 Å². The first-order valence-corrected chi connectivity index (χ1v) is 6.73. The van der Waals surface area contributed by atoms with Crippen molar-refractivity contribution >= 4 is 23.0 Å². The van der Waals surface area contributed by atoms with Gasteiger partial charge in [0.15, 0.2) is 0 Å². The third kappa shape index (κ3) is 3.13. The summed E-state index contributed by atoms with van der Waals surface area (Å²) in [6.07, 6.45) is 6.26. The number of hydrogen-bond donors (Lipinski definition) is 1. The van der Waals surface area contributed by atoms with Crippen molar-refractivity contribution in [2.75, 3.05) is 11.9 Å². The highest BCUT2D eigenvalue weighted by molar-refractivity contribution is 6.33. The Kier molecular flexibility index (Phi) is 4.42. The van der Waals surface area contributed by atoms with Crippen molar-refractivity contribution in [2.24, 2.45) is 5.92 Å². The van der Waals surface area contributed by atoms with Crippen molar-refractivity contribution < 1.29 is 4.92 Å². The van der Waals surface area contributed by atoms with E-state index in [1.54, 1.807) is 12.1 Å². The zero-order chi connectivity index (χ0) is 13.0. The van der Waals surface area contributed by atoms with Gasteiger partial charge in [-0.2, -0.15) is 0 Å². The molecule has 4 nitrogen and oxygen atoms in total. The second-order valence-corrected chi connectivity index (χ2v) is 5.16. The molecule has 0 unspecified atom stereocenters. The fourth-order valence-corrected chi connectivity index (χ4v) is 2.78. The number of nitro benzene ring substituents is 1. The van der Waals surface area contributed by atoms with E-state index in [1.807, 2.05) is 0 Å². The Morgan fingerprint density at radius 1 is 1.39 bits per heavy atom. The second kappa shape index (κ2) is 6.05. The molecule has 1 N–H and O–H groups in total. The third-order valence-corrected chi connectivity index (χ3v) is 3.83. The Morgan fingerprint density at radius 2 is 2.11 bits per heavy atom. The molecule has 1 saturated carbocycles. The van der Waals surface area contributed by atoms with Crippen LogP contribution in [0, 0.1) is 16.0 Å². The van der Waals surface area contributed by atoms with E-state index in [9.17, 15) is 10.1 Å². The summed E-state index contributed by atoms with van der Waals surface area (Å²) in [5, 5.41) is 14.4. The molecule has 0 amide bonds. The fourth-order valence-electron chi connectivity index (χ4n) is 2.54. The third-order valence-electron chi connectivity index (χ3n) is 3.52. The minimum Gasteiger partial charge on any atom is -0.378 e. The summed E-state index contributed by atoms with van der Waals surface area (Å²) in [4.78, 5) is 10.5. The zero-order valence-electron chi connectivity index (χ0n) is 10.2. The lowest BCUT2D eigenvalue weighted by molar-refractivity contribution is -0.383. The maximum Gasteiger partial charge on any atom is 0.293 e. The topological polar surface area (TPSA) is 55.2 Å². The van der Waals surface area contributed by atoms with Crippen LogP contribution in [-0.4, -0.2) is 11.5 Å². The van der Waals surface area contributed by atoms with Crippen LogP contribution in [-0.2, 0) is 0 Å². The SMILES string of the molecule is O=[N+]([O-])c1cccc(Cl)c1NCCC1CCCC1. The van der Waals surface area contributed by atoms with Gasteiger partial charge in [0.1, 0.15) is 5.69 Å². The molecule has 0 bridgehead atoms. The number of nitro groups is 1. The molecule has 1 aliphatic carbocycles. The van der Waals surface area contributed by atoms with Gasteiger partial charge in [0.05, 0.1) is 9.95 Å². The Bertz CT molecular complexity index is 431. The Hall–Kier alpha value is -1.29. The highest BCUT2D eigenvalue weighted by Crippen LogP contribution is 2.32. The lowest BCUT2D eigenvalue weighted by Crippen LogP contribution is -2.08. The van der Waals surface area contributed by atoms with E-state index in [1.165, 1.54) is 31.7 Å². The maximum absolute atomic E-state index is 10.9. The van der Waals surface area contributed by atoms with E-state index in [-0.39, 0.29) is 5.69 Å². The number of benzene rings is 1. The van der Waals surface area contributed by atoms with E-state index in [2.05, 4.69) is 5.32 Å². The minimum atomic E-state index is -0.399. The average Bonchev–Trinajstić information content (AvgIpc) is 2.84. The van der Waals surface area contributed by atoms with E-state index in [0.717, 1.165) is 18.9 Å². The van der Waals surface area contributed by atoms with Gasteiger partial charge in [0.25, 0.3) is 5.69 Å². The molecule has 98 valence electrons. The number of para-hydroxylation sites is 1. The lowest BCUT2D eigenvalue weighted by atomic mass is 10.0. The molecule has 0 atom stereocenters. The van der Waals surface area contributed by atoms with Crippen molar-refractivity contribution in [1.82, 2.24) is 0 Å². The minimum absolute atomic E-state index is 0.0499. The number of nitrogens with one attached hydrogen (secondary N) is 1. The summed E-state index contributed by atoms with van der Waals surface area (Å²) < 4.78 is 0. The molecule has 1 aliphatic rings. The molecule has 2 rings (SSSR count). The van der Waals surface area contributed by atoms with Crippen LogP contribution in [0.25, 0.3) is 0 Å². The lowest BCUT2D eigenvalue weighted by Gasteiger charge is -2.12. The molecule has 5 heteroatoms. The molecule has 0 heterocycles. The van der Waals surface area contributed by atoms with Crippen molar-refractivity contribution in [3.05, 3.63) is 33.3 Å². The first-order chi connectivity index (χ1) is 8.68. The number of hydrogen-bond acceptors (Lipinski definition) is 3. The van der Waals surface area contributed by atoms with Crippen molar-refractivity contribution in [3.63, 3.8) is 0 Å². The summed E-state index contributed by atoms with van der Waals surface area (Å²) in [7, 11) is 0. The van der Waals surface area contributed by atoms with Gasteiger partial charge in [-0.3, -0.25) is 10.1 Å². The van der Waals surface area contributed by atoms with Gasteiger partial charge >= 0.3 is 0 Å². The van der Waals surface area contributed by atoms with Crippen molar-refractivity contribution in [2.45, 2.75) is 32.1 Å². The molecule has 0 aliphatic heterocycles. The molecule has 0 spiro atoms. The van der Waals surface area contributed by atoms with Gasteiger partial charge in [-0.15, -0.1) is 0 Å². The summed E-state index contributed by atoms with van der Waals surface area (Å²) >= 11 is 6.00. The molecule has 0 aromatic heterocycles. The van der Waals surface area contributed by atoms with Gasteiger partial charge in [0, 0.05) is 12.6 Å². The van der Waals surface area contributed by atoms with Crippen LogP contribution in [0.15, 0.2) is 18.2 Å². The molecule has 1 aromatic rings. The van der Waals surface area contributed by atoms with Crippen LogP contribution in [0.1, 0.15) is 32.1 Å². The number of nitrogens with zero attached hydrogens (tertiary/aromatic N) is 1. The highest BCUT2D eigenvalue weighted by Gasteiger charge is 2.18. The van der Waals surface area contributed by atoms with Gasteiger partial charge in [0.2, 0.25) is 0 Å². The average molecular weight is 269 g/mol. The second-order valence-electron chi connectivity index (χ2n) is 4.76. The molecule has 18 heavy (non-hydrogen) atoms. The fraction of sp³-hybridized carbons (Fsp3) is 0.538. The Morgan fingerprint density at radius 3 is 2.78 bits per heavy atom. The maximum atomic E-state index is 10.9.